The minimum absolute atomic E-state index is 0.0447. The van der Waals surface area contributed by atoms with E-state index in [0.717, 1.165) is 22.7 Å². The van der Waals surface area contributed by atoms with Gasteiger partial charge in [-0.25, -0.2) is 9.97 Å². The Balaban J connectivity index is 2.55. The number of nitrogens with zero attached hydrogens (tertiary/aromatic N) is 2. The van der Waals surface area contributed by atoms with E-state index in [4.69, 9.17) is 10.5 Å². The molecule has 4 nitrogen and oxygen atoms in total. The van der Waals surface area contributed by atoms with Gasteiger partial charge in [-0.2, -0.15) is 0 Å². The van der Waals surface area contributed by atoms with Crippen molar-refractivity contribution in [3.63, 3.8) is 0 Å². The highest BCUT2D eigenvalue weighted by Gasteiger charge is 2.21. The van der Waals surface area contributed by atoms with E-state index >= 15 is 0 Å². The van der Waals surface area contributed by atoms with Crippen LogP contribution in [0.4, 0.5) is 0 Å². The summed E-state index contributed by atoms with van der Waals surface area (Å²) in [6.45, 7) is 4.57. The lowest BCUT2D eigenvalue weighted by Crippen LogP contribution is -2.18. The van der Waals surface area contributed by atoms with E-state index in [0.29, 0.717) is 6.54 Å². The van der Waals surface area contributed by atoms with Crippen LogP contribution >= 0.6 is 0 Å². The number of aromatic nitrogens is 2. The summed E-state index contributed by atoms with van der Waals surface area (Å²) in [7, 11) is 1.68. The van der Waals surface area contributed by atoms with Gasteiger partial charge >= 0.3 is 0 Å². The Bertz CT molecular complexity index is 555. The highest BCUT2D eigenvalue weighted by atomic mass is 16.5. The molecule has 2 N–H and O–H groups in total. The minimum Gasteiger partial charge on any atom is -0.496 e. The van der Waals surface area contributed by atoms with Gasteiger partial charge in [0.25, 0.3) is 0 Å². The number of methoxy groups -OCH3 is 1. The number of hydrogen-bond donors (Lipinski definition) is 1. The van der Waals surface area contributed by atoms with Crippen LogP contribution in [0.15, 0.2) is 30.6 Å². The first kappa shape index (κ1) is 13.5. The molecule has 2 rings (SSSR count). The number of ether oxygens (including phenoxy) is 1. The Morgan fingerprint density at radius 1 is 1.21 bits per heavy atom. The van der Waals surface area contributed by atoms with Crippen LogP contribution in [0.2, 0.25) is 0 Å². The summed E-state index contributed by atoms with van der Waals surface area (Å²) >= 11 is 0. The number of benzene rings is 1. The van der Waals surface area contributed by atoms with Gasteiger partial charge in [0.2, 0.25) is 0 Å². The number of hydrogen-bond acceptors (Lipinski definition) is 4. The van der Waals surface area contributed by atoms with Gasteiger partial charge in [-0.05, 0) is 37.1 Å². The zero-order valence-electron chi connectivity index (χ0n) is 11.6. The third kappa shape index (κ3) is 2.74. The van der Waals surface area contributed by atoms with Gasteiger partial charge in [0.1, 0.15) is 11.6 Å². The second-order valence-corrected chi connectivity index (χ2v) is 4.59. The molecule has 19 heavy (non-hydrogen) atoms. The van der Waals surface area contributed by atoms with Crippen LogP contribution in [0, 0.1) is 13.8 Å². The van der Waals surface area contributed by atoms with E-state index in [9.17, 15) is 0 Å². The Kier molecular flexibility index (Phi) is 4.12. The van der Waals surface area contributed by atoms with Gasteiger partial charge in [-0.15, -0.1) is 0 Å². The fourth-order valence-corrected chi connectivity index (χ4v) is 2.40. The third-order valence-corrected chi connectivity index (χ3v) is 3.19. The molecule has 0 saturated heterocycles. The summed E-state index contributed by atoms with van der Waals surface area (Å²) in [5, 5.41) is 0. The molecule has 1 atom stereocenters. The quantitative estimate of drug-likeness (QED) is 0.912. The molecule has 100 valence electrons. The molecule has 0 radical (unpaired) electrons. The zero-order valence-corrected chi connectivity index (χ0v) is 11.6. The predicted octanol–water partition coefficient (Wildman–Crippen LogP) is 2.19. The summed E-state index contributed by atoms with van der Waals surface area (Å²) in [5.41, 5.74) is 9.32. The maximum absolute atomic E-state index is 5.93. The van der Waals surface area contributed by atoms with Gasteiger partial charge in [0.05, 0.1) is 13.0 Å². The van der Waals surface area contributed by atoms with E-state index in [1.807, 2.05) is 6.07 Å². The molecular formula is C15H19N3O. The molecule has 1 heterocycles. The fourth-order valence-electron chi connectivity index (χ4n) is 2.40. The van der Waals surface area contributed by atoms with Crippen molar-refractivity contribution in [1.82, 2.24) is 9.97 Å². The minimum atomic E-state index is -0.0447. The lowest BCUT2D eigenvalue weighted by Gasteiger charge is -2.20. The maximum Gasteiger partial charge on any atom is 0.137 e. The van der Waals surface area contributed by atoms with E-state index in [2.05, 4.69) is 29.9 Å². The van der Waals surface area contributed by atoms with Crippen LogP contribution in [0.25, 0.3) is 0 Å². The lowest BCUT2D eigenvalue weighted by molar-refractivity contribution is 0.406. The molecule has 0 aliphatic heterocycles. The average Bonchev–Trinajstić information content (AvgIpc) is 2.42. The molecule has 1 aromatic heterocycles. The molecule has 0 amide bonds. The second-order valence-electron chi connectivity index (χ2n) is 4.59. The first-order valence-corrected chi connectivity index (χ1v) is 6.29. The first-order chi connectivity index (χ1) is 9.17. The van der Waals surface area contributed by atoms with Crippen LogP contribution in [0.5, 0.6) is 5.75 Å². The largest absolute Gasteiger partial charge is 0.496 e. The Hall–Kier alpha value is -1.94. The SMILES string of the molecule is COc1cc(C)cc(C)c1C(CN)c1ncccn1. The normalized spacial score (nSPS) is 12.2. The first-order valence-electron chi connectivity index (χ1n) is 6.29. The van der Waals surface area contributed by atoms with Crippen molar-refractivity contribution in [2.75, 3.05) is 13.7 Å². The monoisotopic (exact) mass is 257 g/mol. The molecular weight excluding hydrogens is 238 g/mol. The van der Waals surface area contributed by atoms with Gasteiger partial charge in [-0.1, -0.05) is 6.07 Å². The summed E-state index contributed by atoms with van der Waals surface area (Å²) in [4.78, 5) is 8.64. The summed E-state index contributed by atoms with van der Waals surface area (Å²) in [6, 6.07) is 5.95. The van der Waals surface area contributed by atoms with Crippen molar-refractivity contribution in [1.29, 1.82) is 0 Å². The highest BCUT2D eigenvalue weighted by molar-refractivity contribution is 5.47. The van der Waals surface area contributed by atoms with E-state index < -0.39 is 0 Å². The topological polar surface area (TPSA) is 61.0 Å². The van der Waals surface area contributed by atoms with Crippen molar-refractivity contribution in [3.05, 3.63) is 53.1 Å². The van der Waals surface area contributed by atoms with Crippen LogP contribution in [0.1, 0.15) is 28.4 Å². The highest BCUT2D eigenvalue weighted by Crippen LogP contribution is 2.33. The van der Waals surface area contributed by atoms with Gasteiger partial charge < -0.3 is 10.5 Å². The van der Waals surface area contributed by atoms with Crippen molar-refractivity contribution in [2.24, 2.45) is 5.73 Å². The fraction of sp³-hybridized carbons (Fsp3) is 0.333. The van der Waals surface area contributed by atoms with E-state index in [1.54, 1.807) is 25.6 Å². The average molecular weight is 257 g/mol. The second kappa shape index (κ2) is 5.80. The molecule has 0 spiro atoms. The Morgan fingerprint density at radius 2 is 1.89 bits per heavy atom. The number of rotatable bonds is 4. The summed E-state index contributed by atoms with van der Waals surface area (Å²) in [6.07, 6.45) is 3.47. The molecule has 1 unspecified atom stereocenters. The van der Waals surface area contributed by atoms with Crippen molar-refractivity contribution in [2.45, 2.75) is 19.8 Å². The van der Waals surface area contributed by atoms with Crippen molar-refractivity contribution < 1.29 is 4.74 Å². The summed E-state index contributed by atoms with van der Waals surface area (Å²) in [5.74, 6) is 1.53. The number of nitrogens with two attached hydrogens (primary N) is 1. The predicted molar refractivity (Wildman–Crippen MR) is 75.4 cm³/mol. The van der Waals surface area contributed by atoms with Gasteiger partial charge in [0, 0.05) is 24.5 Å². The molecule has 0 saturated carbocycles. The van der Waals surface area contributed by atoms with Crippen LogP contribution in [0.3, 0.4) is 0 Å². The lowest BCUT2D eigenvalue weighted by atomic mass is 9.91. The van der Waals surface area contributed by atoms with E-state index in [1.165, 1.54) is 5.56 Å². The number of aryl methyl sites for hydroxylation is 2. The molecule has 2 aromatic rings. The Morgan fingerprint density at radius 3 is 2.47 bits per heavy atom. The summed E-state index contributed by atoms with van der Waals surface area (Å²) < 4.78 is 5.50. The van der Waals surface area contributed by atoms with Crippen LogP contribution < -0.4 is 10.5 Å². The van der Waals surface area contributed by atoms with Crippen molar-refractivity contribution >= 4 is 0 Å². The van der Waals surface area contributed by atoms with Gasteiger partial charge in [-0.3, -0.25) is 0 Å². The molecule has 0 bridgehead atoms. The molecule has 0 aliphatic carbocycles. The molecule has 4 heteroatoms. The zero-order chi connectivity index (χ0) is 13.8. The van der Waals surface area contributed by atoms with E-state index in [-0.39, 0.29) is 5.92 Å². The molecule has 0 aliphatic rings. The standard InChI is InChI=1S/C15H19N3O/c1-10-7-11(2)14(13(8-10)19-3)12(9-16)15-17-5-4-6-18-15/h4-8,12H,9,16H2,1-3H3. The van der Waals surface area contributed by atoms with Crippen molar-refractivity contribution in [3.8, 4) is 5.75 Å². The molecule has 0 fully saturated rings. The smallest absolute Gasteiger partial charge is 0.137 e. The Labute approximate surface area is 113 Å². The molecule has 1 aromatic carbocycles. The van der Waals surface area contributed by atoms with Gasteiger partial charge in [0.15, 0.2) is 0 Å². The van der Waals surface area contributed by atoms with Crippen LogP contribution in [-0.4, -0.2) is 23.6 Å². The van der Waals surface area contributed by atoms with Crippen LogP contribution in [-0.2, 0) is 0 Å². The maximum atomic E-state index is 5.93. The third-order valence-electron chi connectivity index (χ3n) is 3.19.